The van der Waals surface area contributed by atoms with Crippen LogP contribution in [0, 0.1) is 0 Å². The second kappa shape index (κ2) is 6.85. The van der Waals surface area contributed by atoms with E-state index < -0.39 is 0 Å². The lowest BCUT2D eigenvalue weighted by Crippen LogP contribution is -2.44. The van der Waals surface area contributed by atoms with Gasteiger partial charge in [0.2, 0.25) is 5.91 Å². The number of nitrogen functional groups attached to an aromatic ring is 1. The number of anilines is 1. The minimum Gasteiger partial charge on any atom is -0.497 e. The van der Waals surface area contributed by atoms with E-state index >= 15 is 0 Å². The topological polar surface area (TPSA) is 64.8 Å². The van der Waals surface area contributed by atoms with Crippen molar-refractivity contribution in [1.29, 1.82) is 0 Å². The summed E-state index contributed by atoms with van der Waals surface area (Å²) in [6.07, 6.45) is 0. The minimum absolute atomic E-state index is 0.125. The van der Waals surface area contributed by atoms with Gasteiger partial charge >= 0.3 is 0 Å². The van der Waals surface area contributed by atoms with E-state index in [4.69, 9.17) is 15.2 Å². The Morgan fingerprint density at radius 1 is 1.45 bits per heavy atom. The number of hydrogen-bond donors (Lipinski definition) is 1. The third-order valence-electron chi connectivity index (χ3n) is 3.20. The zero-order valence-corrected chi connectivity index (χ0v) is 12.6. The van der Waals surface area contributed by atoms with Crippen molar-refractivity contribution in [2.24, 2.45) is 0 Å². The van der Waals surface area contributed by atoms with Crippen molar-refractivity contribution in [3.05, 3.63) is 18.2 Å². The maximum Gasteiger partial charge on any atom is 0.235 e. The van der Waals surface area contributed by atoms with E-state index in [9.17, 15) is 4.79 Å². The van der Waals surface area contributed by atoms with Crippen LogP contribution in [-0.2, 0) is 9.53 Å². The normalized spacial score (nSPS) is 16.8. The summed E-state index contributed by atoms with van der Waals surface area (Å²) in [6.45, 7) is 4.46. The van der Waals surface area contributed by atoms with E-state index in [-0.39, 0.29) is 11.2 Å². The Labute approximate surface area is 123 Å². The van der Waals surface area contributed by atoms with Crippen molar-refractivity contribution >= 4 is 23.4 Å². The maximum atomic E-state index is 12.3. The van der Waals surface area contributed by atoms with Gasteiger partial charge in [0.15, 0.2) is 0 Å². The Morgan fingerprint density at radius 3 is 2.80 bits per heavy atom. The number of thioether (sulfide) groups is 1. The number of nitrogens with zero attached hydrogens (tertiary/aromatic N) is 1. The van der Waals surface area contributed by atoms with Gasteiger partial charge in [-0.05, 0) is 25.1 Å². The molecule has 0 saturated carbocycles. The molecule has 1 fully saturated rings. The summed E-state index contributed by atoms with van der Waals surface area (Å²) in [5.41, 5.74) is 6.61. The molecule has 1 aliphatic rings. The third-order valence-corrected chi connectivity index (χ3v) is 4.36. The van der Waals surface area contributed by atoms with Crippen molar-refractivity contribution in [2.45, 2.75) is 17.1 Å². The lowest BCUT2D eigenvalue weighted by Gasteiger charge is -2.29. The molecule has 0 aromatic heterocycles. The Balaban J connectivity index is 2.03. The summed E-state index contributed by atoms with van der Waals surface area (Å²) in [5.74, 6) is 0.869. The van der Waals surface area contributed by atoms with Crippen LogP contribution in [0.1, 0.15) is 6.92 Å². The van der Waals surface area contributed by atoms with Crippen LogP contribution in [0.3, 0.4) is 0 Å². The second-order valence-corrected chi connectivity index (χ2v) is 5.98. The molecule has 1 heterocycles. The molecule has 0 bridgehead atoms. The summed E-state index contributed by atoms with van der Waals surface area (Å²) in [6, 6.07) is 5.48. The van der Waals surface area contributed by atoms with E-state index in [2.05, 4.69) is 0 Å². The molecule has 20 heavy (non-hydrogen) atoms. The highest BCUT2D eigenvalue weighted by Crippen LogP contribution is 2.32. The van der Waals surface area contributed by atoms with Crippen molar-refractivity contribution in [3.8, 4) is 5.75 Å². The van der Waals surface area contributed by atoms with E-state index in [1.54, 1.807) is 13.2 Å². The highest BCUT2D eigenvalue weighted by molar-refractivity contribution is 8.00. The standard InChI is InChI=1S/C14H20N2O3S/c1-10(14(17)16-5-7-19-8-6-16)20-13-9-11(18-2)3-4-12(13)15/h3-4,9-10H,5-8,15H2,1-2H3. The van der Waals surface area contributed by atoms with Gasteiger partial charge in [0.1, 0.15) is 5.75 Å². The molecule has 0 spiro atoms. The van der Waals surface area contributed by atoms with Crippen molar-refractivity contribution < 1.29 is 14.3 Å². The van der Waals surface area contributed by atoms with E-state index in [1.165, 1.54) is 11.8 Å². The highest BCUT2D eigenvalue weighted by atomic mass is 32.2. The van der Waals surface area contributed by atoms with Gasteiger partial charge in [-0.2, -0.15) is 0 Å². The molecule has 1 aromatic carbocycles. The van der Waals surface area contributed by atoms with Gasteiger partial charge in [-0.15, -0.1) is 11.8 Å². The van der Waals surface area contributed by atoms with Crippen LogP contribution in [0.5, 0.6) is 5.75 Å². The Kier molecular flexibility index (Phi) is 5.14. The molecular formula is C14H20N2O3S. The van der Waals surface area contributed by atoms with Gasteiger partial charge in [0.25, 0.3) is 0 Å². The average Bonchev–Trinajstić information content (AvgIpc) is 2.49. The largest absolute Gasteiger partial charge is 0.497 e. The number of nitrogens with two attached hydrogens (primary N) is 1. The summed E-state index contributed by atoms with van der Waals surface area (Å²) >= 11 is 1.46. The van der Waals surface area contributed by atoms with Gasteiger partial charge in [0, 0.05) is 23.7 Å². The molecule has 2 N–H and O–H groups in total. The maximum absolute atomic E-state index is 12.3. The summed E-state index contributed by atoms with van der Waals surface area (Å²) in [4.78, 5) is 15.1. The fourth-order valence-corrected chi connectivity index (χ4v) is 3.04. The zero-order chi connectivity index (χ0) is 14.5. The number of ether oxygens (including phenoxy) is 2. The predicted octanol–water partition coefficient (Wildman–Crippen LogP) is 1.62. The molecule has 1 unspecified atom stereocenters. The van der Waals surface area contributed by atoms with Crippen LogP contribution >= 0.6 is 11.8 Å². The van der Waals surface area contributed by atoms with Gasteiger partial charge in [-0.3, -0.25) is 4.79 Å². The monoisotopic (exact) mass is 296 g/mol. The van der Waals surface area contributed by atoms with E-state index in [1.807, 2.05) is 24.0 Å². The van der Waals surface area contributed by atoms with Gasteiger partial charge in [-0.1, -0.05) is 0 Å². The van der Waals surface area contributed by atoms with Gasteiger partial charge in [0.05, 0.1) is 25.6 Å². The number of rotatable bonds is 4. The molecular weight excluding hydrogens is 276 g/mol. The molecule has 2 rings (SSSR count). The first-order valence-electron chi connectivity index (χ1n) is 6.58. The third kappa shape index (κ3) is 3.58. The first kappa shape index (κ1) is 15.0. The number of carbonyl (C=O) groups excluding carboxylic acids is 1. The molecule has 1 aliphatic heterocycles. The molecule has 1 saturated heterocycles. The fraction of sp³-hybridized carbons (Fsp3) is 0.500. The molecule has 0 radical (unpaired) electrons. The van der Waals surface area contributed by atoms with Crippen LogP contribution in [-0.4, -0.2) is 49.5 Å². The van der Waals surface area contributed by atoms with Crippen LogP contribution in [0.25, 0.3) is 0 Å². The number of methoxy groups -OCH3 is 1. The van der Waals surface area contributed by atoms with Crippen molar-refractivity contribution in [1.82, 2.24) is 4.90 Å². The van der Waals surface area contributed by atoms with E-state index in [0.717, 1.165) is 10.6 Å². The van der Waals surface area contributed by atoms with Crippen molar-refractivity contribution in [2.75, 3.05) is 39.1 Å². The molecule has 5 nitrogen and oxygen atoms in total. The fourth-order valence-electron chi connectivity index (χ4n) is 2.03. The number of benzene rings is 1. The van der Waals surface area contributed by atoms with Crippen LogP contribution in [0.15, 0.2) is 23.1 Å². The predicted molar refractivity (Wildman–Crippen MR) is 80.1 cm³/mol. The Hall–Kier alpha value is -1.40. The Bertz CT molecular complexity index is 475. The van der Waals surface area contributed by atoms with E-state index in [0.29, 0.717) is 32.0 Å². The number of carbonyl (C=O) groups is 1. The molecule has 6 heteroatoms. The molecule has 110 valence electrons. The second-order valence-electron chi connectivity index (χ2n) is 4.60. The zero-order valence-electron chi connectivity index (χ0n) is 11.8. The number of amides is 1. The highest BCUT2D eigenvalue weighted by Gasteiger charge is 2.23. The van der Waals surface area contributed by atoms with Gasteiger partial charge in [-0.25, -0.2) is 0 Å². The molecule has 0 aliphatic carbocycles. The summed E-state index contributed by atoms with van der Waals surface area (Å²) < 4.78 is 10.4. The smallest absolute Gasteiger partial charge is 0.235 e. The summed E-state index contributed by atoms with van der Waals surface area (Å²) in [7, 11) is 1.61. The first-order chi connectivity index (χ1) is 9.61. The minimum atomic E-state index is -0.178. The lowest BCUT2D eigenvalue weighted by molar-refractivity contribution is -0.134. The van der Waals surface area contributed by atoms with Gasteiger partial charge < -0.3 is 20.1 Å². The quantitative estimate of drug-likeness (QED) is 0.675. The Morgan fingerprint density at radius 2 is 2.15 bits per heavy atom. The molecule has 1 aromatic rings. The first-order valence-corrected chi connectivity index (χ1v) is 7.46. The molecule has 1 amide bonds. The molecule has 1 atom stereocenters. The van der Waals surface area contributed by atoms with Crippen LogP contribution < -0.4 is 10.5 Å². The van der Waals surface area contributed by atoms with Crippen LogP contribution in [0.2, 0.25) is 0 Å². The lowest BCUT2D eigenvalue weighted by atomic mass is 10.3. The summed E-state index contributed by atoms with van der Waals surface area (Å²) in [5, 5.41) is -0.178. The average molecular weight is 296 g/mol. The SMILES string of the molecule is COc1ccc(N)c(SC(C)C(=O)N2CCOCC2)c1. The van der Waals surface area contributed by atoms with Crippen molar-refractivity contribution in [3.63, 3.8) is 0 Å². The number of morpholine rings is 1. The number of hydrogen-bond acceptors (Lipinski definition) is 5. The van der Waals surface area contributed by atoms with Crippen LogP contribution in [0.4, 0.5) is 5.69 Å².